The topological polar surface area (TPSA) is 75.7 Å². The number of nitrogens with zero attached hydrogens (tertiary/aromatic N) is 2. The fourth-order valence-electron chi connectivity index (χ4n) is 2.34. The monoisotopic (exact) mass is 281 g/mol. The molecule has 3 rings (SSSR count). The van der Waals surface area contributed by atoms with Crippen LogP contribution < -0.4 is 10.3 Å². The summed E-state index contributed by atoms with van der Waals surface area (Å²) in [5.41, 5.74) is 10.2. The minimum Gasteiger partial charge on any atom is -0.365 e. The number of carbonyl (C=O) groups is 1. The number of nitrogens with two attached hydrogens (primary N) is 1. The second-order valence-electron chi connectivity index (χ2n) is 5.27. The van der Waals surface area contributed by atoms with Crippen molar-refractivity contribution in [3.63, 3.8) is 0 Å². The summed E-state index contributed by atoms with van der Waals surface area (Å²) in [5.74, 6) is 0.418. The predicted molar refractivity (Wildman–Crippen MR) is 79.8 cm³/mol. The van der Waals surface area contributed by atoms with Crippen LogP contribution in [0, 0.1) is 13.8 Å². The molecule has 2 heterocycles. The van der Waals surface area contributed by atoms with Crippen molar-refractivity contribution < 1.29 is 9.36 Å². The van der Waals surface area contributed by atoms with E-state index in [-0.39, 0.29) is 0 Å². The molecule has 5 nitrogen and oxygen atoms in total. The Morgan fingerprint density at radius 1 is 1.33 bits per heavy atom. The lowest BCUT2D eigenvalue weighted by Gasteiger charge is -1.97. The van der Waals surface area contributed by atoms with Gasteiger partial charge in [-0.3, -0.25) is 4.79 Å². The molecular formula is C16H17N4O+. The number of fused-ring (bicyclic) bond motifs is 1. The van der Waals surface area contributed by atoms with Gasteiger partial charge < -0.3 is 10.7 Å². The van der Waals surface area contributed by atoms with Crippen LogP contribution in [-0.2, 0) is 6.54 Å². The number of H-pyrrole nitrogens is 1. The maximum atomic E-state index is 11.2. The summed E-state index contributed by atoms with van der Waals surface area (Å²) in [4.78, 5) is 19.1. The Balaban J connectivity index is 1.94. The first-order valence-electron chi connectivity index (χ1n) is 6.77. The van der Waals surface area contributed by atoms with E-state index in [1.807, 2.05) is 10.8 Å². The average Bonchev–Trinajstić information content (AvgIpc) is 2.80. The van der Waals surface area contributed by atoms with Crippen molar-refractivity contribution in [2.45, 2.75) is 20.4 Å². The molecule has 3 N–H and O–H groups in total. The molecule has 21 heavy (non-hydrogen) atoms. The molecule has 3 aromatic rings. The first-order chi connectivity index (χ1) is 10.0. The van der Waals surface area contributed by atoms with Gasteiger partial charge in [0.05, 0.1) is 11.0 Å². The van der Waals surface area contributed by atoms with Crippen molar-refractivity contribution in [2.75, 3.05) is 0 Å². The van der Waals surface area contributed by atoms with E-state index < -0.39 is 5.91 Å². The summed E-state index contributed by atoms with van der Waals surface area (Å²) in [6.45, 7) is 4.72. The fraction of sp³-hybridized carbons (Fsp3) is 0.188. The number of primary amides is 1. The molecule has 0 saturated heterocycles. The Hall–Kier alpha value is -2.69. The molecule has 0 aliphatic carbocycles. The Morgan fingerprint density at radius 2 is 2.10 bits per heavy atom. The van der Waals surface area contributed by atoms with E-state index in [1.165, 1.54) is 11.1 Å². The van der Waals surface area contributed by atoms with Gasteiger partial charge in [0.15, 0.2) is 18.2 Å². The molecule has 0 saturated carbocycles. The van der Waals surface area contributed by atoms with Gasteiger partial charge in [-0.1, -0.05) is 0 Å². The molecule has 0 fully saturated rings. The van der Waals surface area contributed by atoms with Crippen molar-refractivity contribution in [2.24, 2.45) is 5.73 Å². The second kappa shape index (κ2) is 5.01. The normalized spacial score (nSPS) is 11.0. The van der Waals surface area contributed by atoms with Crippen LogP contribution in [0.5, 0.6) is 0 Å². The molecule has 0 spiro atoms. The maximum Gasteiger partial charge on any atom is 0.254 e. The van der Waals surface area contributed by atoms with Gasteiger partial charge in [0, 0.05) is 6.07 Å². The molecule has 106 valence electrons. The lowest BCUT2D eigenvalue weighted by Crippen LogP contribution is -2.35. The molecule has 0 radical (unpaired) electrons. The minimum absolute atomic E-state index is 0.430. The van der Waals surface area contributed by atoms with Gasteiger partial charge in [-0.25, -0.2) is 4.98 Å². The zero-order valence-corrected chi connectivity index (χ0v) is 12.1. The number of hydrogen-bond acceptors (Lipinski definition) is 2. The molecule has 1 aromatic carbocycles. The van der Waals surface area contributed by atoms with Crippen LogP contribution in [-0.4, -0.2) is 15.9 Å². The third-order valence-electron chi connectivity index (χ3n) is 3.62. The highest BCUT2D eigenvalue weighted by atomic mass is 16.1. The maximum absolute atomic E-state index is 11.2. The number of imidazole rings is 1. The predicted octanol–water partition coefficient (Wildman–Crippen LogP) is 1.61. The van der Waals surface area contributed by atoms with E-state index in [1.54, 1.807) is 18.3 Å². The standard InChI is InChI=1S/C16H16N4O/c1-10-6-13-14(7-11(10)2)19-15(18-13)9-20-5-3-4-12(8-20)16(17)21/h3-8H,9H2,1-2H3,(H2-,17,18,19,21)/p+1. The van der Waals surface area contributed by atoms with E-state index in [4.69, 9.17) is 5.73 Å². The number of carbonyl (C=O) groups excluding carboxylic acids is 1. The number of nitrogens with one attached hydrogen (secondary N) is 1. The van der Waals surface area contributed by atoms with Gasteiger partial charge in [-0.15, -0.1) is 0 Å². The van der Waals surface area contributed by atoms with Gasteiger partial charge in [-0.2, -0.15) is 4.57 Å². The first kappa shape index (κ1) is 13.3. The van der Waals surface area contributed by atoms with E-state index in [9.17, 15) is 4.79 Å². The van der Waals surface area contributed by atoms with Crippen LogP contribution in [0.25, 0.3) is 11.0 Å². The molecule has 0 aliphatic heterocycles. The average molecular weight is 281 g/mol. The van der Waals surface area contributed by atoms with Gasteiger partial charge >= 0.3 is 0 Å². The van der Waals surface area contributed by atoms with E-state index in [0.29, 0.717) is 12.1 Å². The fourth-order valence-corrected chi connectivity index (χ4v) is 2.34. The number of pyridine rings is 1. The smallest absolute Gasteiger partial charge is 0.254 e. The van der Waals surface area contributed by atoms with Crippen molar-refractivity contribution in [1.82, 2.24) is 9.97 Å². The van der Waals surface area contributed by atoms with Crippen LogP contribution >= 0.6 is 0 Å². The molecule has 0 aliphatic rings. The van der Waals surface area contributed by atoms with E-state index >= 15 is 0 Å². The summed E-state index contributed by atoms with van der Waals surface area (Å²) < 4.78 is 1.89. The largest absolute Gasteiger partial charge is 0.365 e. The van der Waals surface area contributed by atoms with Gasteiger partial charge in [0.2, 0.25) is 6.54 Å². The van der Waals surface area contributed by atoms with Crippen LogP contribution in [0.1, 0.15) is 27.3 Å². The molecule has 0 bridgehead atoms. The van der Waals surface area contributed by atoms with Crippen molar-refractivity contribution in [3.05, 3.63) is 59.2 Å². The number of aryl methyl sites for hydroxylation is 2. The Kier molecular flexibility index (Phi) is 3.17. The lowest BCUT2D eigenvalue weighted by atomic mass is 10.1. The lowest BCUT2D eigenvalue weighted by molar-refractivity contribution is -0.689. The van der Waals surface area contributed by atoms with E-state index in [2.05, 4.69) is 35.9 Å². The number of benzene rings is 1. The summed E-state index contributed by atoms with van der Waals surface area (Å²) in [6, 6.07) is 7.68. The van der Waals surface area contributed by atoms with Crippen LogP contribution in [0.2, 0.25) is 0 Å². The Bertz CT molecular complexity index is 796. The first-order valence-corrected chi connectivity index (χ1v) is 6.77. The second-order valence-corrected chi connectivity index (χ2v) is 5.27. The Labute approximate surface area is 122 Å². The number of hydrogen-bond donors (Lipinski definition) is 2. The summed E-state index contributed by atoms with van der Waals surface area (Å²) >= 11 is 0. The van der Waals surface area contributed by atoms with Gasteiger partial charge in [-0.05, 0) is 43.2 Å². The van der Waals surface area contributed by atoms with Crippen molar-refractivity contribution in [1.29, 1.82) is 0 Å². The van der Waals surface area contributed by atoms with Crippen LogP contribution in [0.4, 0.5) is 0 Å². The molecular weight excluding hydrogens is 264 g/mol. The SMILES string of the molecule is Cc1cc2nc(C[n+]3cccc(C(N)=O)c3)[nH]c2cc1C. The summed E-state index contributed by atoms with van der Waals surface area (Å²) in [7, 11) is 0. The molecule has 0 unspecified atom stereocenters. The van der Waals surface area contributed by atoms with Crippen LogP contribution in [0.3, 0.4) is 0 Å². The number of amides is 1. The van der Waals surface area contributed by atoms with Crippen LogP contribution in [0.15, 0.2) is 36.7 Å². The zero-order valence-electron chi connectivity index (χ0n) is 12.1. The molecule has 5 heteroatoms. The van der Waals surface area contributed by atoms with Crippen molar-refractivity contribution in [3.8, 4) is 0 Å². The summed E-state index contributed by atoms with van der Waals surface area (Å²) in [5, 5.41) is 0. The molecule has 2 aromatic heterocycles. The van der Waals surface area contributed by atoms with Gasteiger partial charge in [0.1, 0.15) is 5.56 Å². The number of rotatable bonds is 3. The molecule has 1 amide bonds. The number of aromatic amines is 1. The highest BCUT2D eigenvalue weighted by Crippen LogP contribution is 2.17. The highest BCUT2D eigenvalue weighted by Gasteiger charge is 2.11. The van der Waals surface area contributed by atoms with E-state index in [0.717, 1.165) is 16.9 Å². The summed E-state index contributed by atoms with van der Waals surface area (Å²) in [6.07, 6.45) is 3.61. The third kappa shape index (κ3) is 2.63. The quantitative estimate of drug-likeness (QED) is 0.716. The van der Waals surface area contributed by atoms with Gasteiger partial charge in [0.25, 0.3) is 5.91 Å². The minimum atomic E-state index is -0.430. The zero-order chi connectivity index (χ0) is 15.0. The third-order valence-corrected chi connectivity index (χ3v) is 3.62. The highest BCUT2D eigenvalue weighted by molar-refractivity contribution is 5.92. The molecule has 0 atom stereocenters. The Morgan fingerprint density at radius 3 is 2.86 bits per heavy atom. The number of aromatic nitrogens is 3. The van der Waals surface area contributed by atoms with Crippen molar-refractivity contribution >= 4 is 16.9 Å².